The SMILES string of the molecule is CCc1ccc2c(c1)C(N)C(=O)N2C.Cl. The van der Waals surface area contributed by atoms with Crippen LogP contribution in [0.1, 0.15) is 24.1 Å². The lowest BCUT2D eigenvalue weighted by molar-refractivity contribution is -0.118. The van der Waals surface area contributed by atoms with Crippen molar-refractivity contribution in [2.24, 2.45) is 5.73 Å². The molecule has 82 valence electrons. The number of halogens is 1. The van der Waals surface area contributed by atoms with Crippen LogP contribution in [0, 0.1) is 0 Å². The Morgan fingerprint density at radius 1 is 1.47 bits per heavy atom. The number of carbonyl (C=O) groups is 1. The highest BCUT2D eigenvalue weighted by Crippen LogP contribution is 2.33. The van der Waals surface area contributed by atoms with Crippen LogP contribution in [0.3, 0.4) is 0 Å². The maximum absolute atomic E-state index is 11.6. The fraction of sp³-hybridized carbons (Fsp3) is 0.364. The molecule has 1 atom stereocenters. The lowest BCUT2D eigenvalue weighted by Gasteiger charge is -2.09. The van der Waals surface area contributed by atoms with E-state index in [2.05, 4.69) is 6.92 Å². The van der Waals surface area contributed by atoms with Gasteiger partial charge in [0.15, 0.2) is 0 Å². The van der Waals surface area contributed by atoms with Gasteiger partial charge < -0.3 is 10.6 Å². The first kappa shape index (κ1) is 12.0. The van der Waals surface area contributed by atoms with Crippen LogP contribution >= 0.6 is 12.4 Å². The Bertz CT molecular complexity index is 392. The van der Waals surface area contributed by atoms with Gasteiger partial charge in [-0.05, 0) is 18.1 Å². The largest absolute Gasteiger partial charge is 0.316 e. The number of fused-ring (bicyclic) bond motifs is 1. The number of carbonyl (C=O) groups excluding carboxylic acids is 1. The molecule has 1 aromatic rings. The Morgan fingerprint density at radius 2 is 2.13 bits per heavy atom. The van der Waals surface area contributed by atoms with Crippen molar-refractivity contribution in [3.63, 3.8) is 0 Å². The summed E-state index contributed by atoms with van der Waals surface area (Å²) in [5, 5.41) is 0. The minimum absolute atomic E-state index is 0. The van der Waals surface area contributed by atoms with Gasteiger partial charge in [-0.2, -0.15) is 0 Å². The van der Waals surface area contributed by atoms with Crippen LogP contribution in [-0.4, -0.2) is 13.0 Å². The molecule has 1 aliphatic rings. The Balaban J connectivity index is 0.00000112. The average molecular weight is 227 g/mol. The fourth-order valence-electron chi connectivity index (χ4n) is 1.84. The highest BCUT2D eigenvalue weighted by Gasteiger charge is 2.31. The van der Waals surface area contributed by atoms with Crippen molar-refractivity contribution in [1.82, 2.24) is 0 Å². The van der Waals surface area contributed by atoms with Crippen molar-refractivity contribution in [2.45, 2.75) is 19.4 Å². The zero-order valence-electron chi connectivity index (χ0n) is 8.86. The molecule has 0 radical (unpaired) electrons. The number of benzene rings is 1. The predicted molar refractivity (Wildman–Crippen MR) is 63.4 cm³/mol. The third-order valence-electron chi connectivity index (χ3n) is 2.79. The number of hydrogen-bond donors (Lipinski definition) is 1. The molecule has 0 aliphatic carbocycles. The van der Waals surface area contributed by atoms with Gasteiger partial charge in [0.05, 0.1) is 0 Å². The summed E-state index contributed by atoms with van der Waals surface area (Å²) in [5.41, 5.74) is 8.94. The summed E-state index contributed by atoms with van der Waals surface area (Å²) >= 11 is 0. The Hall–Kier alpha value is -1.06. The monoisotopic (exact) mass is 226 g/mol. The van der Waals surface area contributed by atoms with Crippen molar-refractivity contribution in [1.29, 1.82) is 0 Å². The van der Waals surface area contributed by atoms with Crippen LogP contribution in [-0.2, 0) is 11.2 Å². The molecule has 0 spiro atoms. The Kier molecular flexibility index (Phi) is 3.37. The summed E-state index contributed by atoms with van der Waals surface area (Å²) in [6.07, 6.45) is 0.970. The quantitative estimate of drug-likeness (QED) is 0.792. The van der Waals surface area contributed by atoms with Gasteiger partial charge in [-0.1, -0.05) is 19.1 Å². The van der Waals surface area contributed by atoms with E-state index in [0.29, 0.717) is 0 Å². The first-order chi connectivity index (χ1) is 6.65. The van der Waals surface area contributed by atoms with Crippen molar-refractivity contribution in [3.8, 4) is 0 Å². The second-order valence-corrected chi connectivity index (χ2v) is 3.62. The van der Waals surface area contributed by atoms with Crippen LogP contribution in [0.15, 0.2) is 18.2 Å². The summed E-state index contributed by atoms with van der Waals surface area (Å²) in [7, 11) is 1.76. The number of hydrogen-bond acceptors (Lipinski definition) is 2. The molecule has 2 N–H and O–H groups in total. The number of aryl methyl sites for hydroxylation is 1. The number of nitrogens with zero attached hydrogens (tertiary/aromatic N) is 1. The molecule has 0 bridgehead atoms. The van der Waals surface area contributed by atoms with Crippen LogP contribution in [0.4, 0.5) is 5.69 Å². The van der Waals surface area contributed by atoms with Crippen molar-refractivity contribution < 1.29 is 4.79 Å². The van der Waals surface area contributed by atoms with Crippen molar-refractivity contribution >= 4 is 24.0 Å². The predicted octanol–water partition coefficient (Wildman–Crippen LogP) is 1.65. The van der Waals surface area contributed by atoms with Gasteiger partial charge in [-0.15, -0.1) is 12.4 Å². The lowest BCUT2D eigenvalue weighted by atomic mass is 10.0. The van der Waals surface area contributed by atoms with Crippen LogP contribution in [0.2, 0.25) is 0 Å². The van der Waals surface area contributed by atoms with Gasteiger partial charge in [-0.3, -0.25) is 4.79 Å². The molecule has 15 heavy (non-hydrogen) atoms. The van der Waals surface area contributed by atoms with Crippen LogP contribution < -0.4 is 10.6 Å². The van der Waals surface area contributed by atoms with Gasteiger partial charge in [0, 0.05) is 18.3 Å². The number of amides is 1. The highest BCUT2D eigenvalue weighted by atomic mass is 35.5. The summed E-state index contributed by atoms with van der Waals surface area (Å²) in [6.45, 7) is 2.09. The number of rotatable bonds is 1. The minimum atomic E-state index is -0.471. The summed E-state index contributed by atoms with van der Waals surface area (Å²) in [6, 6.07) is 5.57. The second-order valence-electron chi connectivity index (χ2n) is 3.62. The minimum Gasteiger partial charge on any atom is -0.316 e. The third-order valence-corrected chi connectivity index (χ3v) is 2.79. The first-order valence-electron chi connectivity index (χ1n) is 4.81. The van der Waals surface area contributed by atoms with E-state index >= 15 is 0 Å². The van der Waals surface area contributed by atoms with E-state index in [4.69, 9.17) is 5.73 Å². The standard InChI is InChI=1S/C11H14N2O.ClH/c1-3-7-4-5-9-8(6-7)10(12)11(14)13(9)2;/h4-6,10H,3,12H2,1-2H3;1H. The molecule has 4 heteroatoms. The molecule has 1 aliphatic heterocycles. The Morgan fingerprint density at radius 3 is 2.73 bits per heavy atom. The van der Waals surface area contributed by atoms with E-state index in [-0.39, 0.29) is 18.3 Å². The summed E-state index contributed by atoms with van der Waals surface area (Å²) in [5.74, 6) is -0.0201. The van der Waals surface area contributed by atoms with E-state index in [1.807, 2.05) is 18.2 Å². The zero-order chi connectivity index (χ0) is 10.3. The fourth-order valence-corrected chi connectivity index (χ4v) is 1.84. The molecule has 1 heterocycles. The van der Waals surface area contributed by atoms with Crippen molar-refractivity contribution in [3.05, 3.63) is 29.3 Å². The van der Waals surface area contributed by atoms with E-state index < -0.39 is 6.04 Å². The molecule has 0 saturated heterocycles. The smallest absolute Gasteiger partial charge is 0.248 e. The number of likely N-dealkylation sites (N-methyl/N-ethyl adjacent to an activating group) is 1. The molecule has 1 unspecified atom stereocenters. The van der Waals surface area contributed by atoms with E-state index in [9.17, 15) is 4.79 Å². The van der Waals surface area contributed by atoms with Gasteiger partial charge in [0.25, 0.3) is 0 Å². The molecule has 1 aromatic carbocycles. The molecular formula is C11H15ClN2O. The average Bonchev–Trinajstić information content (AvgIpc) is 2.44. The van der Waals surface area contributed by atoms with Crippen LogP contribution in [0.5, 0.6) is 0 Å². The highest BCUT2D eigenvalue weighted by molar-refractivity contribution is 6.04. The van der Waals surface area contributed by atoms with Gasteiger partial charge in [0.1, 0.15) is 6.04 Å². The van der Waals surface area contributed by atoms with Gasteiger partial charge >= 0.3 is 0 Å². The molecule has 0 saturated carbocycles. The van der Waals surface area contributed by atoms with Crippen LogP contribution in [0.25, 0.3) is 0 Å². The zero-order valence-corrected chi connectivity index (χ0v) is 9.67. The van der Waals surface area contributed by atoms with Crippen molar-refractivity contribution in [2.75, 3.05) is 11.9 Å². The first-order valence-corrected chi connectivity index (χ1v) is 4.81. The topological polar surface area (TPSA) is 46.3 Å². The number of anilines is 1. The molecule has 2 rings (SSSR count). The molecule has 1 amide bonds. The third kappa shape index (κ3) is 1.73. The lowest BCUT2D eigenvalue weighted by Crippen LogP contribution is -2.27. The van der Waals surface area contributed by atoms with E-state index in [0.717, 1.165) is 17.7 Å². The summed E-state index contributed by atoms with van der Waals surface area (Å²) < 4.78 is 0. The van der Waals surface area contributed by atoms with Gasteiger partial charge in [0.2, 0.25) is 5.91 Å². The second kappa shape index (κ2) is 4.21. The normalized spacial score (nSPS) is 18.7. The molecular weight excluding hydrogens is 212 g/mol. The number of nitrogens with two attached hydrogens (primary N) is 1. The molecule has 3 nitrogen and oxygen atoms in total. The van der Waals surface area contributed by atoms with E-state index in [1.165, 1.54) is 5.56 Å². The van der Waals surface area contributed by atoms with Gasteiger partial charge in [-0.25, -0.2) is 0 Å². The summed E-state index contributed by atoms with van der Waals surface area (Å²) in [4.78, 5) is 13.2. The molecule has 0 fully saturated rings. The maximum atomic E-state index is 11.6. The maximum Gasteiger partial charge on any atom is 0.248 e. The molecule has 0 aromatic heterocycles. The van der Waals surface area contributed by atoms with E-state index in [1.54, 1.807) is 11.9 Å². The Labute approximate surface area is 95.7 Å².